The Bertz CT molecular complexity index is 1140. The third kappa shape index (κ3) is 5.98. The summed E-state index contributed by atoms with van der Waals surface area (Å²) in [6.07, 6.45) is -1.18. The second-order valence-corrected chi connectivity index (χ2v) is 7.69. The lowest BCUT2D eigenvalue weighted by Crippen LogP contribution is -2.55. The van der Waals surface area contributed by atoms with Crippen LogP contribution in [0.2, 0.25) is 0 Å². The Morgan fingerprint density at radius 2 is 1.57 bits per heavy atom. The number of rotatable bonds is 9. The van der Waals surface area contributed by atoms with Gasteiger partial charge in [-0.1, -0.05) is 48.5 Å². The zero-order chi connectivity index (χ0) is 25.4. The summed E-state index contributed by atoms with van der Waals surface area (Å²) in [6.45, 7) is 3.00. The largest absolute Gasteiger partial charge is 0.480 e. The van der Waals surface area contributed by atoms with Gasteiger partial charge in [0.05, 0.1) is 6.61 Å². The summed E-state index contributed by atoms with van der Waals surface area (Å²) in [4.78, 5) is 49.0. The van der Waals surface area contributed by atoms with Crippen LogP contribution in [0.25, 0.3) is 11.1 Å². The van der Waals surface area contributed by atoms with Crippen molar-refractivity contribution >= 4 is 23.9 Å². The van der Waals surface area contributed by atoms with E-state index in [4.69, 9.17) is 9.47 Å². The summed E-state index contributed by atoms with van der Waals surface area (Å²) in [6, 6.07) is 12.4. The van der Waals surface area contributed by atoms with Crippen molar-refractivity contribution in [1.82, 2.24) is 10.6 Å². The summed E-state index contributed by atoms with van der Waals surface area (Å²) in [5.74, 6) is 1.48. The molecule has 0 aromatic heterocycles. The summed E-state index contributed by atoms with van der Waals surface area (Å²) in [5.41, 5.74) is 4.11. The Labute approximate surface area is 202 Å². The van der Waals surface area contributed by atoms with Crippen LogP contribution in [-0.2, 0) is 23.9 Å². The van der Waals surface area contributed by atoms with E-state index in [1.807, 2.05) is 48.5 Å². The minimum absolute atomic E-state index is 0.0269. The average molecular weight is 479 g/mol. The van der Waals surface area contributed by atoms with Gasteiger partial charge in [-0.2, -0.15) is 0 Å². The Hall–Kier alpha value is -4.32. The molecule has 1 aliphatic rings. The lowest BCUT2D eigenvalue weighted by Gasteiger charge is -2.20. The van der Waals surface area contributed by atoms with Crippen molar-refractivity contribution in [3.8, 4) is 23.0 Å². The van der Waals surface area contributed by atoms with Gasteiger partial charge in [-0.15, -0.1) is 11.8 Å². The van der Waals surface area contributed by atoms with E-state index in [2.05, 4.69) is 22.5 Å². The molecule has 0 bridgehead atoms. The molecule has 0 fully saturated rings. The predicted octanol–water partition coefficient (Wildman–Crippen LogP) is 2.44. The second-order valence-electron chi connectivity index (χ2n) is 7.69. The average Bonchev–Trinajstić information content (AvgIpc) is 3.17. The van der Waals surface area contributed by atoms with Crippen molar-refractivity contribution < 1.29 is 33.8 Å². The quantitative estimate of drug-likeness (QED) is 0.287. The van der Waals surface area contributed by atoms with E-state index in [0.29, 0.717) is 0 Å². The van der Waals surface area contributed by atoms with Crippen LogP contribution in [-0.4, -0.2) is 54.3 Å². The molecule has 0 saturated carbocycles. The van der Waals surface area contributed by atoms with Gasteiger partial charge in [0, 0.05) is 12.3 Å². The third-order valence-corrected chi connectivity index (χ3v) is 5.49. The van der Waals surface area contributed by atoms with Crippen molar-refractivity contribution in [2.75, 3.05) is 13.2 Å². The van der Waals surface area contributed by atoms with Gasteiger partial charge in [-0.25, -0.2) is 14.4 Å². The number of ether oxygens (including phenoxy) is 2. The highest BCUT2D eigenvalue weighted by atomic mass is 16.6. The van der Waals surface area contributed by atoms with E-state index in [0.717, 1.165) is 22.3 Å². The van der Waals surface area contributed by atoms with Crippen LogP contribution in [0.15, 0.2) is 48.5 Å². The molecule has 2 unspecified atom stereocenters. The zero-order valence-electron chi connectivity index (χ0n) is 19.4. The number of carboxylic acid groups (broad SMARTS) is 1. The fourth-order valence-corrected chi connectivity index (χ4v) is 3.87. The number of alkyl carbamates (subject to hydrolysis) is 1. The van der Waals surface area contributed by atoms with Gasteiger partial charge < -0.3 is 19.9 Å². The first-order valence-corrected chi connectivity index (χ1v) is 11.1. The van der Waals surface area contributed by atoms with Crippen LogP contribution in [0.1, 0.15) is 37.3 Å². The molecule has 2 aromatic carbocycles. The number of benzene rings is 2. The summed E-state index contributed by atoms with van der Waals surface area (Å²) in [7, 11) is 0. The van der Waals surface area contributed by atoms with Gasteiger partial charge in [0.1, 0.15) is 12.6 Å². The van der Waals surface area contributed by atoms with Crippen LogP contribution >= 0.6 is 0 Å². The van der Waals surface area contributed by atoms with Crippen molar-refractivity contribution in [3.63, 3.8) is 0 Å². The minimum atomic E-state index is -1.79. The number of nitrogens with one attached hydrogen (secondary N) is 2. The molecule has 182 valence electrons. The van der Waals surface area contributed by atoms with Crippen LogP contribution in [0, 0.1) is 11.8 Å². The molecule has 9 nitrogen and oxygen atoms in total. The van der Waals surface area contributed by atoms with E-state index >= 15 is 0 Å². The fourth-order valence-electron chi connectivity index (χ4n) is 3.87. The van der Waals surface area contributed by atoms with Gasteiger partial charge in [0.25, 0.3) is 5.91 Å². The second kappa shape index (κ2) is 11.7. The number of aliphatic carboxylic acids is 1. The molecule has 2 aromatic rings. The summed E-state index contributed by atoms with van der Waals surface area (Å²) < 4.78 is 10.3. The Morgan fingerprint density at radius 1 is 0.971 bits per heavy atom. The molecular formula is C26H26N2O7. The topological polar surface area (TPSA) is 131 Å². The van der Waals surface area contributed by atoms with Gasteiger partial charge in [-0.3, -0.25) is 10.1 Å². The Balaban J connectivity index is 1.70. The van der Waals surface area contributed by atoms with Gasteiger partial charge in [-0.05, 0) is 36.1 Å². The number of carbonyl (C=O) groups excluding carboxylic acids is 3. The van der Waals surface area contributed by atoms with E-state index in [-0.39, 0.29) is 25.6 Å². The van der Waals surface area contributed by atoms with Crippen LogP contribution in [0.4, 0.5) is 4.79 Å². The van der Waals surface area contributed by atoms with Crippen molar-refractivity contribution in [3.05, 3.63) is 59.7 Å². The highest BCUT2D eigenvalue weighted by molar-refractivity contribution is 6.05. The molecular weight excluding hydrogens is 452 g/mol. The predicted molar refractivity (Wildman–Crippen MR) is 126 cm³/mol. The van der Waals surface area contributed by atoms with Crippen LogP contribution in [0.3, 0.4) is 0 Å². The molecule has 35 heavy (non-hydrogen) atoms. The Kier molecular flexibility index (Phi) is 8.46. The molecule has 3 N–H and O–H groups in total. The number of amides is 2. The molecule has 0 saturated heterocycles. The molecule has 0 radical (unpaired) electrons. The number of hydrogen-bond donors (Lipinski definition) is 3. The number of carboxylic acids is 1. The molecule has 2 atom stereocenters. The van der Waals surface area contributed by atoms with E-state index < -0.39 is 36.0 Å². The number of fused-ring (bicyclic) bond motifs is 3. The maximum atomic E-state index is 12.7. The number of esters is 1. The fraction of sp³-hybridized carbons (Fsp3) is 0.308. The van der Waals surface area contributed by atoms with Crippen molar-refractivity contribution in [2.24, 2.45) is 0 Å². The maximum absolute atomic E-state index is 12.7. The van der Waals surface area contributed by atoms with Gasteiger partial charge in [0.2, 0.25) is 6.04 Å². The van der Waals surface area contributed by atoms with E-state index in [9.17, 15) is 24.3 Å². The first-order chi connectivity index (χ1) is 16.9. The molecule has 0 aliphatic heterocycles. The van der Waals surface area contributed by atoms with Gasteiger partial charge >= 0.3 is 18.0 Å². The Morgan fingerprint density at radius 3 is 2.11 bits per heavy atom. The van der Waals surface area contributed by atoms with Gasteiger partial charge in [0.15, 0.2) is 0 Å². The van der Waals surface area contributed by atoms with Crippen LogP contribution < -0.4 is 10.6 Å². The lowest BCUT2D eigenvalue weighted by atomic mass is 9.98. The zero-order valence-corrected chi connectivity index (χ0v) is 19.4. The first-order valence-electron chi connectivity index (χ1n) is 11.1. The van der Waals surface area contributed by atoms with Crippen molar-refractivity contribution in [2.45, 2.75) is 38.3 Å². The summed E-state index contributed by atoms with van der Waals surface area (Å²) in [5, 5.41) is 13.7. The molecule has 0 heterocycles. The monoisotopic (exact) mass is 478 g/mol. The maximum Gasteiger partial charge on any atom is 0.408 e. The summed E-state index contributed by atoms with van der Waals surface area (Å²) >= 11 is 0. The van der Waals surface area contributed by atoms with E-state index in [1.165, 1.54) is 13.8 Å². The van der Waals surface area contributed by atoms with Crippen molar-refractivity contribution in [1.29, 1.82) is 0 Å². The highest BCUT2D eigenvalue weighted by Crippen LogP contribution is 2.44. The third-order valence-electron chi connectivity index (χ3n) is 5.49. The molecule has 9 heteroatoms. The lowest BCUT2D eigenvalue weighted by molar-refractivity contribution is -0.151. The van der Waals surface area contributed by atoms with Crippen LogP contribution in [0.5, 0.6) is 0 Å². The number of hydrogen-bond acceptors (Lipinski definition) is 6. The minimum Gasteiger partial charge on any atom is -0.480 e. The molecule has 0 spiro atoms. The first kappa shape index (κ1) is 25.3. The standard InChI is InChI=1S/C26H26N2O7/c1-3-5-14-21(24(30)31)27-23(29)22(25(32)34-4-2)28-26(33)35-15-20-18-12-8-6-10-16(18)17-11-7-9-13-19(17)20/h6-13,20-22H,4,14-15H2,1-2H3,(H,27,29)(H,28,33)(H,30,31). The smallest absolute Gasteiger partial charge is 0.408 e. The normalized spacial score (nSPS) is 13.2. The highest BCUT2D eigenvalue weighted by Gasteiger charge is 2.34. The molecule has 1 aliphatic carbocycles. The number of carbonyl (C=O) groups is 4. The molecule has 3 rings (SSSR count). The van der Waals surface area contributed by atoms with E-state index in [1.54, 1.807) is 0 Å². The SMILES string of the molecule is CC#CCC(NC(=O)C(NC(=O)OCC1c2ccccc2-c2ccccc21)C(=O)OCC)C(=O)O. The molecule has 2 amide bonds.